The summed E-state index contributed by atoms with van der Waals surface area (Å²) in [4.78, 5) is 14.1. The van der Waals surface area contributed by atoms with Crippen molar-refractivity contribution in [1.29, 1.82) is 0 Å². The number of azide groups is 1. The maximum atomic E-state index is 11.5. The zero-order chi connectivity index (χ0) is 13.5. The van der Waals surface area contributed by atoms with Crippen molar-refractivity contribution in [2.45, 2.75) is 19.1 Å². The zero-order valence-corrected chi connectivity index (χ0v) is 10.4. The van der Waals surface area contributed by atoms with Crippen LogP contribution in [0.2, 0.25) is 5.02 Å². The number of carbonyl (C=O) groups is 1. The van der Waals surface area contributed by atoms with E-state index in [4.69, 9.17) is 21.9 Å². The average Bonchev–Trinajstić information content (AvgIpc) is 2.36. The molecular weight excluding hydrogens is 258 g/mol. The molecule has 0 saturated carbocycles. The lowest BCUT2D eigenvalue weighted by Gasteiger charge is -2.17. The minimum Gasteiger partial charge on any atom is -0.466 e. The summed E-state index contributed by atoms with van der Waals surface area (Å²) in [6, 6.07) is 4.92. The summed E-state index contributed by atoms with van der Waals surface area (Å²) in [6.07, 6.45) is -1.27. The number of aliphatic hydroxyl groups excluding tert-OH is 1. The molecule has 1 N–H and O–H groups in total. The molecule has 0 aliphatic rings. The number of esters is 1. The molecule has 7 heteroatoms. The number of rotatable bonds is 5. The molecule has 18 heavy (non-hydrogen) atoms. The predicted molar refractivity (Wildman–Crippen MR) is 66.0 cm³/mol. The van der Waals surface area contributed by atoms with Gasteiger partial charge >= 0.3 is 5.97 Å². The first-order chi connectivity index (χ1) is 8.60. The van der Waals surface area contributed by atoms with Crippen molar-refractivity contribution in [2.24, 2.45) is 5.11 Å². The topological polar surface area (TPSA) is 95.3 Å². The van der Waals surface area contributed by atoms with E-state index >= 15 is 0 Å². The molecule has 1 aromatic carbocycles. The molecular formula is C11H12ClN3O3. The highest BCUT2D eigenvalue weighted by Gasteiger charge is 2.28. The molecule has 0 saturated heterocycles. The van der Waals surface area contributed by atoms with Gasteiger partial charge in [-0.25, -0.2) is 0 Å². The van der Waals surface area contributed by atoms with Crippen molar-refractivity contribution in [2.75, 3.05) is 6.61 Å². The third-order valence-corrected chi connectivity index (χ3v) is 2.47. The van der Waals surface area contributed by atoms with Crippen LogP contribution in [0.5, 0.6) is 0 Å². The number of nitrogens with zero attached hydrogens (tertiary/aromatic N) is 3. The SMILES string of the molecule is CCOC(=O)[C@H](N=[N+]=[N-])[C@H](O)c1ccc(Cl)cc1. The summed E-state index contributed by atoms with van der Waals surface area (Å²) in [5.74, 6) is -0.766. The number of aliphatic hydroxyl groups is 1. The number of carbonyl (C=O) groups excluding carboxylic acids is 1. The Morgan fingerprint density at radius 1 is 1.56 bits per heavy atom. The summed E-state index contributed by atoms with van der Waals surface area (Å²) in [5.41, 5.74) is 8.83. The maximum Gasteiger partial charge on any atom is 0.317 e. The molecule has 1 rings (SSSR count). The number of halogens is 1. The number of hydrogen-bond donors (Lipinski definition) is 1. The van der Waals surface area contributed by atoms with Crippen LogP contribution >= 0.6 is 11.6 Å². The zero-order valence-electron chi connectivity index (χ0n) is 9.65. The third-order valence-electron chi connectivity index (χ3n) is 2.21. The first-order valence-corrected chi connectivity index (χ1v) is 5.62. The van der Waals surface area contributed by atoms with Gasteiger partial charge in [0.25, 0.3) is 0 Å². The molecule has 0 spiro atoms. The molecule has 0 radical (unpaired) electrons. The van der Waals surface area contributed by atoms with Gasteiger partial charge in [-0.05, 0) is 30.2 Å². The molecule has 0 heterocycles. The molecule has 0 amide bonds. The summed E-state index contributed by atoms with van der Waals surface area (Å²) >= 11 is 5.71. The molecule has 0 aromatic heterocycles. The second kappa shape index (κ2) is 6.86. The fourth-order valence-corrected chi connectivity index (χ4v) is 1.49. The Labute approximate surface area is 109 Å². The Balaban J connectivity index is 2.95. The third kappa shape index (κ3) is 3.63. The van der Waals surface area contributed by atoms with E-state index in [1.54, 1.807) is 31.2 Å². The Kier molecular flexibility index (Phi) is 5.45. The van der Waals surface area contributed by atoms with E-state index in [0.717, 1.165) is 0 Å². The van der Waals surface area contributed by atoms with Gasteiger partial charge in [0.1, 0.15) is 0 Å². The van der Waals surface area contributed by atoms with Crippen molar-refractivity contribution >= 4 is 17.6 Å². The van der Waals surface area contributed by atoms with E-state index in [0.29, 0.717) is 10.6 Å². The van der Waals surface area contributed by atoms with Gasteiger partial charge in [0.2, 0.25) is 0 Å². The van der Waals surface area contributed by atoms with Crippen molar-refractivity contribution in [1.82, 2.24) is 0 Å². The monoisotopic (exact) mass is 269 g/mol. The first-order valence-electron chi connectivity index (χ1n) is 5.24. The van der Waals surface area contributed by atoms with Gasteiger partial charge in [-0.3, -0.25) is 4.79 Å². The highest BCUT2D eigenvalue weighted by molar-refractivity contribution is 6.30. The minimum absolute atomic E-state index is 0.142. The molecule has 0 bridgehead atoms. The van der Waals surface area contributed by atoms with E-state index in [2.05, 4.69) is 10.0 Å². The minimum atomic E-state index is -1.31. The van der Waals surface area contributed by atoms with E-state index in [1.807, 2.05) is 0 Å². The van der Waals surface area contributed by atoms with E-state index in [1.165, 1.54) is 0 Å². The fraction of sp³-hybridized carbons (Fsp3) is 0.364. The van der Waals surface area contributed by atoms with Crippen LogP contribution in [0.3, 0.4) is 0 Å². The van der Waals surface area contributed by atoms with Gasteiger partial charge in [-0.2, -0.15) is 0 Å². The van der Waals surface area contributed by atoms with Gasteiger partial charge in [-0.1, -0.05) is 28.8 Å². The number of ether oxygens (including phenoxy) is 1. The number of benzene rings is 1. The van der Waals surface area contributed by atoms with Gasteiger partial charge in [0, 0.05) is 9.93 Å². The quantitative estimate of drug-likeness (QED) is 0.385. The highest BCUT2D eigenvalue weighted by atomic mass is 35.5. The molecule has 0 aliphatic carbocycles. The van der Waals surface area contributed by atoms with Crippen LogP contribution < -0.4 is 0 Å². The van der Waals surface area contributed by atoms with Crippen molar-refractivity contribution < 1.29 is 14.6 Å². The summed E-state index contributed by atoms with van der Waals surface area (Å²) in [7, 11) is 0. The molecule has 1 aromatic rings. The summed E-state index contributed by atoms with van der Waals surface area (Å²) < 4.78 is 4.73. The molecule has 6 nitrogen and oxygen atoms in total. The van der Waals surface area contributed by atoms with Crippen LogP contribution in [0.15, 0.2) is 29.4 Å². The highest BCUT2D eigenvalue weighted by Crippen LogP contribution is 2.22. The average molecular weight is 270 g/mol. The molecule has 0 fully saturated rings. The van der Waals surface area contributed by atoms with Gasteiger partial charge in [-0.15, -0.1) is 0 Å². The predicted octanol–water partition coefficient (Wildman–Crippen LogP) is 2.62. The van der Waals surface area contributed by atoms with Crippen LogP contribution in [0.4, 0.5) is 0 Å². The smallest absolute Gasteiger partial charge is 0.317 e. The number of hydrogen-bond acceptors (Lipinski definition) is 4. The largest absolute Gasteiger partial charge is 0.466 e. The second-order valence-electron chi connectivity index (χ2n) is 3.40. The van der Waals surface area contributed by atoms with Crippen molar-refractivity contribution in [3.8, 4) is 0 Å². The van der Waals surface area contributed by atoms with Gasteiger partial charge < -0.3 is 9.84 Å². The van der Waals surface area contributed by atoms with Crippen molar-refractivity contribution in [3.63, 3.8) is 0 Å². The van der Waals surface area contributed by atoms with Crippen LogP contribution in [-0.2, 0) is 9.53 Å². The van der Waals surface area contributed by atoms with E-state index in [-0.39, 0.29) is 6.61 Å². The van der Waals surface area contributed by atoms with Crippen LogP contribution in [0.25, 0.3) is 10.4 Å². The van der Waals surface area contributed by atoms with Crippen LogP contribution in [0, 0.1) is 0 Å². The maximum absolute atomic E-state index is 11.5. The Morgan fingerprint density at radius 2 is 2.17 bits per heavy atom. The lowest BCUT2D eigenvalue weighted by molar-refractivity contribution is -0.147. The second-order valence-corrected chi connectivity index (χ2v) is 3.83. The molecule has 96 valence electrons. The Bertz CT molecular complexity index is 457. The standard InChI is InChI=1S/C11H12ClN3O3/c1-2-18-11(17)9(14-15-13)10(16)7-3-5-8(12)6-4-7/h3-6,9-10,16H,2H2,1H3/t9-,10-/m1/s1. The van der Waals surface area contributed by atoms with E-state index in [9.17, 15) is 9.90 Å². The summed E-state index contributed by atoms with van der Waals surface area (Å²) in [5, 5.41) is 13.8. The van der Waals surface area contributed by atoms with E-state index < -0.39 is 18.1 Å². The van der Waals surface area contributed by atoms with Gasteiger partial charge in [0.15, 0.2) is 6.04 Å². The van der Waals surface area contributed by atoms with Gasteiger partial charge in [0.05, 0.1) is 12.7 Å². The van der Waals surface area contributed by atoms with Crippen molar-refractivity contribution in [3.05, 3.63) is 45.3 Å². The Morgan fingerprint density at radius 3 is 2.67 bits per heavy atom. The lowest BCUT2D eigenvalue weighted by atomic mass is 10.0. The molecule has 0 aliphatic heterocycles. The lowest BCUT2D eigenvalue weighted by Crippen LogP contribution is -2.28. The molecule has 2 atom stereocenters. The molecule has 0 unspecified atom stereocenters. The Hall–Kier alpha value is -1.75. The van der Waals surface area contributed by atoms with Crippen LogP contribution in [0.1, 0.15) is 18.6 Å². The first kappa shape index (κ1) is 14.3. The normalized spacial score (nSPS) is 13.3. The van der Waals surface area contributed by atoms with Crippen LogP contribution in [-0.4, -0.2) is 23.7 Å². The fourth-order valence-electron chi connectivity index (χ4n) is 1.36. The summed E-state index contributed by atoms with van der Waals surface area (Å²) in [6.45, 7) is 1.77.